The highest BCUT2D eigenvalue weighted by molar-refractivity contribution is 5.57. The lowest BCUT2D eigenvalue weighted by Crippen LogP contribution is -2.01. The maximum Gasteiger partial charge on any atom is 0.0346 e. The molecule has 0 atom stereocenters. The standard InChI is InChI=1S/C10H14N2/c1-7-6-9(4-5-10(7)11)12-8-2-3-8/h4-6,8,12H,2-3,11H2,1H3. The number of hydrogen-bond donors (Lipinski definition) is 2. The molecule has 0 unspecified atom stereocenters. The second-order valence-corrected chi connectivity index (χ2v) is 3.49. The van der Waals surface area contributed by atoms with Crippen molar-refractivity contribution in [2.24, 2.45) is 0 Å². The summed E-state index contributed by atoms with van der Waals surface area (Å²) in [5.41, 5.74) is 8.93. The van der Waals surface area contributed by atoms with Gasteiger partial charge in [0.25, 0.3) is 0 Å². The van der Waals surface area contributed by atoms with Crippen molar-refractivity contribution < 1.29 is 0 Å². The van der Waals surface area contributed by atoms with Gasteiger partial charge < -0.3 is 11.1 Å². The number of benzene rings is 1. The van der Waals surface area contributed by atoms with Gasteiger partial charge in [0.2, 0.25) is 0 Å². The Labute approximate surface area is 72.8 Å². The van der Waals surface area contributed by atoms with Crippen LogP contribution in [0.5, 0.6) is 0 Å². The number of nitrogens with two attached hydrogens (primary N) is 1. The number of nitrogen functional groups attached to an aromatic ring is 1. The van der Waals surface area contributed by atoms with Crippen LogP contribution in [0.15, 0.2) is 18.2 Å². The summed E-state index contributed by atoms with van der Waals surface area (Å²) < 4.78 is 0. The van der Waals surface area contributed by atoms with E-state index in [0.29, 0.717) is 6.04 Å². The molecule has 0 radical (unpaired) electrons. The van der Waals surface area contributed by atoms with E-state index >= 15 is 0 Å². The molecule has 0 aromatic heterocycles. The first-order chi connectivity index (χ1) is 5.75. The SMILES string of the molecule is Cc1cc(NC2CC2)ccc1N. The van der Waals surface area contributed by atoms with Crippen LogP contribution in [0.25, 0.3) is 0 Å². The molecule has 3 N–H and O–H groups in total. The third-order valence-electron chi connectivity index (χ3n) is 2.22. The summed E-state index contributed by atoms with van der Waals surface area (Å²) in [7, 11) is 0. The van der Waals surface area contributed by atoms with Gasteiger partial charge in [-0.15, -0.1) is 0 Å². The monoisotopic (exact) mass is 162 g/mol. The average Bonchev–Trinajstić information content (AvgIpc) is 2.81. The predicted molar refractivity (Wildman–Crippen MR) is 52.2 cm³/mol. The molecule has 1 aliphatic rings. The summed E-state index contributed by atoms with van der Waals surface area (Å²) in [6.45, 7) is 2.04. The molecule has 64 valence electrons. The van der Waals surface area contributed by atoms with Gasteiger partial charge in [0.15, 0.2) is 0 Å². The van der Waals surface area contributed by atoms with E-state index in [1.807, 2.05) is 19.1 Å². The molecular weight excluding hydrogens is 148 g/mol. The maximum atomic E-state index is 5.71. The van der Waals surface area contributed by atoms with Gasteiger partial charge in [0.05, 0.1) is 0 Å². The van der Waals surface area contributed by atoms with Crippen LogP contribution < -0.4 is 11.1 Å². The van der Waals surface area contributed by atoms with Crippen LogP contribution >= 0.6 is 0 Å². The molecule has 0 saturated heterocycles. The average molecular weight is 162 g/mol. The Kier molecular flexibility index (Phi) is 1.68. The van der Waals surface area contributed by atoms with Gasteiger partial charge in [-0.1, -0.05) is 0 Å². The molecule has 1 aliphatic carbocycles. The molecule has 0 amide bonds. The van der Waals surface area contributed by atoms with Crippen molar-refractivity contribution in [2.45, 2.75) is 25.8 Å². The van der Waals surface area contributed by atoms with Crippen LogP contribution in [0.2, 0.25) is 0 Å². The van der Waals surface area contributed by atoms with Gasteiger partial charge in [-0.05, 0) is 43.5 Å². The topological polar surface area (TPSA) is 38.0 Å². The van der Waals surface area contributed by atoms with E-state index in [9.17, 15) is 0 Å². The first kappa shape index (κ1) is 7.47. The Morgan fingerprint density at radius 2 is 2.17 bits per heavy atom. The van der Waals surface area contributed by atoms with Crippen molar-refractivity contribution in [2.75, 3.05) is 11.1 Å². The van der Waals surface area contributed by atoms with E-state index in [4.69, 9.17) is 5.73 Å². The van der Waals surface area contributed by atoms with E-state index in [1.165, 1.54) is 18.5 Å². The van der Waals surface area contributed by atoms with Crippen molar-refractivity contribution >= 4 is 11.4 Å². The molecule has 12 heavy (non-hydrogen) atoms. The van der Waals surface area contributed by atoms with Crippen molar-refractivity contribution in [1.82, 2.24) is 0 Å². The first-order valence-corrected chi connectivity index (χ1v) is 4.38. The molecule has 2 nitrogen and oxygen atoms in total. The first-order valence-electron chi connectivity index (χ1n) is 4.38. The van der Waals surface area contributed by atoms with Crippen molar-refractivity contribution in [3.8, 4) is 0 Å². The van der Waals surface area contributed by atoms with Crippen LogP contribution in [-0.4, -0.2) is 6.04 Å². The highest BCUT2D eigenvalue weighted by Crippen LogP contribution is 2.26. The van der Waals surface area contributed by atoms with Gasteiger partial charge >= 0.3 is 0 Å². The number of nitrogens with one attached hydrogen (secondary N) is 1. The summed E-state index contributed by atoms with van der Waals surface area (Å²) in [4.78, 5) is 0. The van der Waals surface area contributed by atoms with Crippen molar-refractivity contribution in [3.63, 3.8) is 0 Å². The highest BCUT2D eigenvalue weighted by Gasteiger charge is 2.20. The summed E-state index contributed by atoms with van der Waals surface area (Å²) in [6, 6.07) is 6.82. The second kappa shape index (κ2) is 2.70. The lowest BCUT2D eigenvalue weighted by Gasteiger charge is -2.06. The molecule has 1 fully saturated rings. The van der Waals surface area contributed by atoms with Gasteiger partial charge in [-0.2, -0.15) is 0 Å². The van der Waals surface area contributed by atoms with Crippen LogP contribution in [0.3, 0.4) is 0 Å². The van der Waals surface area contributed by atoms with Gasteiger partial charge in [-0.3, -0.25) is 0 Å². The zero-order valence-electron chi connectivity index (χ0n) is 7.30. The number of hydrogen-bond acceptors (Lipinski definition) is 2. The maximum absolute atomic E-state index is 5.71. The number of aryl methyl sites for hydroxylation is 1. The molecule has 0 bridgehead atoms. The predicted octanol–water partition coefficient (Wildman–Crippen LogP) is 2.15. The number of anilines is 2. The Bertz CT molecular complexity index is 290. The minimum Gasteiger partial charge on any atom is -0.399 e. The quantitative estimate of drug-likeness (QED) is 0.654. The Morgan fingerprint density at radius 3 is 2.75 bits per heavy atom. The summed E-state index contributed by atoms with van der Waals surface area (Å²) in [5.74, 6) is 0. The van der Waals surface area contributed by atoms with Crippen molar-refractivity contribution in [1.29, 1.82) is 0 Å². The largest absolute Gasteiger partial charge is 0.399 e. The Balaban J connectivity index is 2.15. The van der Waals surface area contributed by atoms with Gasteiger partial charge in [-0.25, -0.2) is 0 Å². The van der Waals surface area contributed by atoms with E-state index in [-0.39, 0.29) is 0 Å². The molecule has 1 aromatic carbocycles. The summed E-state index contributed by atoms with van der Waals surface area (Å²) in [6.07, 6.45) is 2.62. The fraction of sp³-hybridized carbons (Fsp3) is 0.400. The summed E-state index contributed by atoms with van der Waals surface area (Å²) >= 11 is 0. The fourth-order valence-corrected chi connectivity index (χ4v) is 1.23. The Hall–Kier alpha value is -1.18. The van der Waals surface area contributed by atoms with E-state index in [2.05, 4.69) is 11.4 Å². The zero-order valence-corrected chi connectivity index (χ0v) is 7.30. The third-order valence-corrected chi connectivity index (χ3v) is 2.22. The van der Waals surface area contributed by atoms with E-state index in [1.54, 1.807) is 0 Å². The molecular formula is C10H14N2. The smallest absolute Gasteiger partial charge is 0.0346 e. The fourth-order valence-electron chi connectivity index (χ4n) is 1.23. The molecule has 1 saturated carbocycles. The zero-order chi connectivity index (χ0) is 8.55. The van der Waals surface area contributed by atoms with Gasteiger partial charge in [0, 0.05) is 17.4 Å². The third kappa shape index (κ3) is 1.52. The molecule has 2 rings (SSSR count). The van der Waals surface area contributed by atoms with Crippen molar-refractivity contribution in [3.05, 3.63) is 23.8 Å². The van der Waals surface area contributed by atoms with Crippen LogP contribution in [0.1, 0.15) is 18.4 Å². The normalized spacial score (nSPS) is 16.1. The van der Waals surface area contributed by atoms with E-state index in [0.717, 1.165) is 11.3 Å². The highest BCUT2D eigenvalue weighted by atomic mass is 14.9. The molecule has 0 spiro atoms. The summed E-state index contributed by atoms with van der Waals surface area (Å²) in [5, 5.41) is 3.43. The molecule has 1 aromatic rings. The molecule has 2 heteroatoms. The van der Waals surface area contributed by atoms with Crippen LogP contribution in [-0.2, 0) is 0 Å². The lowest BCUT2D eigenvalue weighted by atomic mass is 10.2. The molecule has 0 aliphatic heterocycles. The minimum absolute atomic E-state index is 0.716. The minimum atomic E-state index is 0.716. The number of rotatable bonds is 2. The lowest BCUT2D eigenvalue weighted by molar-refractivity contribution is 1.15. The van der Waals surface area contributed by atoms with Gasteiger partial charge in [0.1, 0.15) is 0 Å². The second-order valence-electron chi connectivity index (χ2n) is 3.49. The van der Waals surface area contributed by atoms with E-state index < -0.39 is 0 Å². The van der Waals surface area contributed by atoms with Crippen LogP contribution in [0, 0.1) is 6.92 Å². The van der Waals surface area contributed by atoms with Crippen LogP contribution in [0.4, 0.5) is 11.4 Å². The molecule has 0 heterocycles. The Morgan fingerprint density at radius 1 is 1.42 bits per heavy atom.